The first kappa shape index (κ1) is 18.4. The Labute approximate surface area is 149 Å². The summed E-state index contributed by atoms with van der Waals surface area (Å²) in [7, 11) is 0. The second-order valence-corrected chi connectivity index (χ2v) is 7.77. The van der Waals surface area contributed by atoms with Crippen molar-refractivity contribution in [2.24, 2.45) is 4.99 Å². The summed E-state index contributed by atoms with van der Waals surface area (Å²) in [6, 6.07) is 7.87. The second-order valence-electron chi connectivity index (χ2n) is 7.59. The van der Waals surface area contributed by atoms with E-state index in [1.807, 2.05) is 49.9 Å². The highest BCUT2D eigenvalue weighted by atomic mass is 32.1. The molecule has 0 unspecified atom stereocenters. The molecule has 0 spiro atoms. The average molecular weight is 347 g/mol. The molecule has 1 aliphatic heterocycles. The molecule has 1 amide bonds. The first-order valence-corrected chi connectivity index (χ1v) is 8.47. The van der Waals surface area contributed by atoms with Crippen LogP contribution in [0.25, 0.3) is 0 Å². The number of carbonyl (C=O) groups is 1. The lowest BCUT2D eigenvalue weighted by Crippen LogP contribution is -2.61. The Kier molecular flexibility index (Phi) is 5.31. The first-order chi connectivity index (χ1) is 11.1. The van der Waals surface area contributed by atoms with Gasteiger partial charge in [0, 0.05) is 25.3 Å². The van der Waals surface area contributed by atoms with E-state index in [0.29, 0.717) is 6.54 Å². The van der Waals surface area contributed by atoms with Crippen molar-refractivity contribution < 1.29 is 9.53 Å². The largest absolute Gasteiger partial charge is 0.444 e. The molecular weight excluding hydrogens is 322 g/mol. The Balaban J connectivity index is 2.10. The van der Waals surface area contributed by atoms with Gasteiger partial charge in [-0.1, -0.05) is 0 Å². The van der Waals surface area contributed by atoms with Gasteiger partial charge in [-0.25, -0.2) is 4.79 Å². The molecule has 1 aliphatic rings. The molecule has 1 heterocycles. The van der Waals surface area contributed by atoms with E-state index in [-0.39, 0.29) is 11.6 Å². The molecule has 0 aromatic heterocycles. The van der Waals surface area contributed by atoms with Crippen molar-refractivity contribution in [3.05, 3.63) is 24.3 Å². The van der Waals surface area contributed by atoms with Gasteiger partial charge in [0.25, 0.3) is 0 Å². The standard InChI is InChI=1S/C18H25N3O2S/c1-17(2,3)23-16(22)21-11-10-20(12-18(21,4)5)15-8-6-14(7-9-15)19-13-24/h6-9H,10-12H2,1-5H3. The Bertz CT molecular complexity index is 643. The summed E-state index contributed by atoms with van der Waals surface area (Å²) >= 11 is 4.62. The zero-order valence-electron chi connectivity index (χ0n) is 15.0. The number of amides is 1. The topological polar surface area (TPSA) is 45.1 Å². The Morgan fingerprint density at radius 3 is 2.38 bits per heavy atom. The number of carbonyl (C=O) groups excluding carboxylic acids is 1. The van der Waals surface area contributed by atoms with E-state index in [2.05, 4.69) is 41.1 Å². The molecule has 1 aromatic carbocycles. The minimum Gasteiger partial charge on any atom is -0.444 e. The van der Waals surface area contributed by atoms with Gasteiger partial charge in [-0.05, 0) is 71.1 Å². The monoisotopic (exact) mass is 347 g/mol. The van der Waals surface area contributed by atoms with Crippen LogP contribution in [0.15, 0.2) is 29.3 Å². The molecule has 0 atom stereocenters. The van der Waals surface area contributed by atoms with Gasteiger partial charge in [-0.15, -0.1) is 0 Å². The van der Waals surface area contributed by atoms with Gasteiger partial charge >= 0.3 is 6.09 Å². The second kappa shape index (κ2) is 6.91. The molecule has 0 bridgehead atoms. The van der Waals surface area contributed by atoms with Crippen molar-refractivity contribution in [1.82, 2.24) is 4.90 Å². The number of aliphatic imine (C=N–C) groups is 1. The first-order valence-electron chi connectivity index (χ1n) is 8.06. The molecule has 1 saturated heterocycles. The van der Waals surface area contributed by atoms with Gasteiger partial charge < -0.3 is 9.64 Å². The lowest BCUT2D eigenvalue weighted by Gasteiger charge is -2.47. The molecule has 1 fully saturated rings. The van der Waals surface area contributed by atoms with Crippen LogP contribution >= 0.6 is 12.2 Å². The summed E-state index contributed by atoms with van der Waals surface area (Å²) in [5, 5.41) is 2.37. The van der Waals surface area contributed by atoms with E-state index in [4.69, 9.17) is 4.74 Å². The van der Waals surface area contributed by atoms with Crippen LogP contribution in [0.4, 0.5) is 16.2 Å². The number of benzene rings is 1. The zero-order chi connectivity index (χ0) is 18.0. The number of isothiocyanates is 1. The molecule has 0 radical (unpaired) electrons. The van der Waals surface area contributed by atoms with E-state index < -0.39 is 5.60 Å². The number of anilines is 1. The lowest BCUT2D eigenvalue weighted by molar-refractivity contribution is 0.000380. The van der Waals surface area contributed by atoms with Crippen molar-refractivity contribution >= 4 is 34.8 Å². The van der Waals surface area contributed by atoms with Crippen molar-refractivity contribution in [3.63, 3.8) is 0 Å². The summed E-state index contributed by atoms with van der Waals surface area (Å²) in [6.45, 7) is 11.9. The lowest BCUT2D eigenvalue weighted by atomic mass is 9.99. The van der Waals surface area contributed by atoms with Crippen molar-refractivity contribution in [1.29, 1.82) is 0 Å². The van der Waals surface area contributed by atoms with Crippen molar-refractivity contribution in [2.75, 3.05) is 24.5 Å². The maximum atomic E-state index is 12.4. The number of hydrogen-bond acceptors (Lipinski definition) is 5. The van der Waals surface area contributed by atoms with Crippen molar-refractivity contribution in [3.8, 4) is 0 Å². The highest BCUT2D eigenvalue weighted by Crippen LogP contribution is 2.28. The van der Waals surface area contributed by atoms with E-state index in [0.717, 1.165) is 24.5 Å². The van der Waals surface area contributed by atoms with Crippen LogP contribution in [-0.2, 0) is 4.74 Å². The summed E-state index contributed by atoms with van der Waals surface area (Å²) in [5.74, 6) is 0. The van der Waals surface area contributed by atoms with Crippen LogP contribution in [0.5, 0.6) is 0 Å². The summed E-state index contributed by atoms with van der Waals surface area (Å²) < 4.78 is 5.54. The fraction of sp³-hybridized carbons (Fsp3) is 0.556. The smallest absolute Gasteiger partial charge is 0.410 e. The summed E-state index contributed by atoms with van der Waals surface area (Å²) in [4.78, 5) is 20.5. The van der Waals surface area contributed by atoms with E-state index in [9.17, 15) is 4.79 Å². The average Bonchev–Trinajstić information content (AvgIpc) is 2.45. The predicted molar refractivity (Wildman–Crippen MR) is 100 cm³/mol. The Morgan fingerprint density at radius 2 is 1.88 bits per heavy atom. The van der Waals surface area contributed by atoms with E-state index in [1.165, 1.54) is 0 Å². The predicted octanol–water partition coefficient (Wildman–Crippen LogP) is 4.26. The number of nitrogens with zero attached hydrogens (tertiary/aromatic N) is 3. The number of ether oxygens (including phenoxy) is 1. The summed E-state index contributed by atoms with van der Waals surface area (Å²) in [6.07, 6.45) is -0.252. The molecule has 2 rings (SSSR count). The number of piperazine rings is 1. The molecule has 0 saturated carbocycles. The van der Waals surface area contributed by atoms with Crippen LogP contribution in [-0.4, -0.2) is 46.9 Å². The van der Waals surface area contributed by atoms with Crippen LogP contribution in [0.1, 0.15) is 34.6 Å². The number of thiocarbonyl (C=S) groups is 1. The maximum Gasteiger partial charge on any atom is 0.410 e. The zero-order valence-corrected chi connectivity index (χ0v) is 15.8. The molecule has 0 N–H and O–H groups in total. The molecular formula is C18H25N3O2S. The third-order valence-electron chi connectivity index (χ3n) is 3.91. The van der Waals surface area contributed by atoms with Gasteiger partial charge in [0.05, 0.1) is 16.4 Å². The molecule has 5 nitrogen and oxygen atoms in total. The SMILES string of the molecule is CC(C)(C)OC(=O)N1CCN(c2ccc(N=C=S)cc2)CC1(C)C. The summed E-state index contributed by atoms with van der Waals surface area (Å²) in [5.41, 5.74) is 1.10. The highest BCUT2D eigenvalue weighted by molar-refractivity contribution is 7.78. The number of hydrogen-bond donors (Lipinski definition) is 0. The third kappa shape index (κ3) is 4.56. The molecule has 1 aromatic rings. The van der Waals surface area contributed by atoms with Gasteiger partial charge in [-0.3, -0.25) is 4.90 Å². The molecule has 24 heavy (non-hydrogen) atoms. The van der Waals surface area contributed by atoms with Crippen LogP contribution < -0.4 is 4.90 Å². The van der Waals surface area contributed by atoms with Crippen LogP contribution in [0.2, 0.25) is 0 Å². The van der Waals surface area contributed by atoms with Crippen molar-refractivity contribution in [2.45, 2.75) is 45.8 Å². The van der Waals surface area contributed by atoms with E-state index >= 15 is 0 Å². The minimum absolute atomic E-state index is 0.252. The van der Waals surface area contributed by atoms with Gasteiger partial charge in [0.1, 0.15) is 5.60 Å². The van der Waals surface area contributed by atoms with Crippen LogP contribution in [0.3, 0.4) is 0 Å². The minimum atomic E-state index is -0.484. The molecule has 0 aliphatic carbocycles. The highest BCUT2D eigenvalue weighted by Gasteiger charge is 2.38. The maximum absolute atomic E-state index is 12.4. The van der Waals surface area contributed by atoms with Gasteiger partial charge in [0.15, 0.2) is 0 Å². The van der Waals surface area contributed by atoms with Gasteiger partial charge in [0.2, 0.25) is 0 Å². The third-order valence-corrected chi connectivity index (χ3v) is 4.00. The normalized spacial score (nSPS) is 17.2. The fourth-order valence-electron chi connectivity index (χ4n) is 2.82. The Hall–Kier alpha value is -1.91. The quantitative estimate of drug-likeness (QED) is 0.592. The molecule has 130 valence electrons. The molecule has 6 heteroatoms. The van der Waals surface area contributed by atoms with Crippen LogP contribution in [0, 0.1) is 0 Å². The van der Waals surface area contributed by atoms with E-state index in [1.54, 1.807) is 0 Å². The fourth-order valence-corrected chi connectivity index (χ4v) is 2.93. The number of rotatable bonds is 2. The Morgan fingerprint density at radius 1 is 1.25 bits per heavy atom. The van der Waals surface area contributed by atoms with Gasteiger partial charge in [-0.2, -0.15) is 4.99 Å².